The number of hydrogen-bond donors (Lipinski definition) is 2. The van der Waals surface area contributed by atoms with Crippen molar-refractivity contribution in [2.24, 2.45) is 0 Å². The number of benzene rings is 1. The summed E-state index contributed by atoms with van der Waals surface area (Å²) in [5.74, 6) is 0. The molecule has 0 saturated carbocycles. The Morgan fingerprint density at radius 1 is 1.29 bits per heavy atom. The van der Waals surface area contributed by atoms with Crippen LogP contribution in [0.15, 0.2) is 18.2 Å². The molecule has 0 radical (unpaired) electrons. The zero-order valence-electron chi connectivity index (χ0n) is 8.87. The van der Waals surface area contributed by atoms with Gasteiger partial charge in [-0.2, -0.15) is 0 Å². The molecule has 0 aliphatic rings. The highest BCUT2D eigenvalue weighted by atomic mass is 35.5. The van der Waals surface area contributed by atoms with E-state index < -0.39 is 0 Å². The van der Waals surface area contributed by atoms with E-state index in [1.807, 2.05) is 6.07 Å². The predicted molar refractivity (Wildman–Crippen MR) is 63.3 cm³/mol. The van der Waals surface area contributed by atoms with Crippen LogP contribution in [0.4, 0.5) is 5.69 Å². The van der Waals surface area contributed by atoms with Crippen molar-refractivity contribution in [3.05, 3.63) is 29.3 Å². The SMILES string of the molecule is Cc1cccc(C)c1NCC(C)O.Cl. The minimum atomic E-state index is -0.306. The van der Waals surface area contributed by atoms with Gasteiger partial charge in [0.25, 0.3) is 0 Å². The third-order valence-corrected chi connectivity index (χ3v) is 2.06. The quantitative estimate of drug-likeness (QED) is 0.812. The predicted octanol–water partition coefficient (Wildman–Crippen LogP) is 2.52. The molecule has 3 heteroatoms. The van der Waals surface area contributed by atoms with Crippen LogP contribution in [0.5, 0.6) is 0 Å². The first-order valence-corrected chi connectivity index (χ1v) is 4.59. The van der Waals surface area contributed by atoms with Crippen LogP contribution in [0.2, 0.25) is 0 Å². The molecule has 0 amide bonds. The Bertz CT molecular complexity index is 266. The first kappa shape index (κ1) is 13.3. The van der Waals surface area contributed by atoms with Gasteiger partial charge in [-0.15, -0.1) is 12.4 Å². The Morgan fingerprint density at radius 2 is 1.79 bits per heavy atom. The van der Waals surface area contributed by atoms with Crippen LogP contribution in [0, 0.1) is 13.8 Å². The minimum Gasteiger partial charge on any atom is -0.392 e. The van der Waals surface area contributed by atoms with Gasteiger partial charge in [0, 0.05) is 12.2 Å². The highest BCUT2D eigenvalue weighted by molar-refractivity contribution is 5.85. The second-order valence-corrected chi connectivity index (χ2v) is 3.50. The minimum absolute atomic E-state index is 0. The van der Waals surface area contributed by atoms with Crippen LogP contribution in [-0.4, -0.2) is 17.8 Å². The zero-order chi connectivity index (χ0) is 9.84. The van der Waals surface area contributed by atoms with Crippen LogP contribution in [-0.2, 0) is 0 Å². The van der Waals surface area contributed by atoms with Crippen molar-refractivity contribution in [1.82, 2.24) is 0 Å². The van der Waals surface area contributed by atoms with Crippen molar-refractivity contribution in [2.45, 2.75) is 26.9 Å². The molecule has 0 bridgehead atoms. The van der Waals surface area contributed by atoms with Crippen LogP contribution < -0.4 is 5.32 Å². The van der Waals surface area contributed by atoms with E-state index in [2.05, 4.69) is 31.3 Å². The van der Waals surface area contributed by atoms with Crippen LogP contribution in [0.25, 0.3) is 0 Å². The number of para-hydroxylation sites is 1. The van der Waals surface area contributed by atoms with E-state index in [-0.39, 0.29) is 18.5 Å². The summed E-state index contributed by atoms with van der Waals surface area (Å²) in [5.41, 5.74) is 3.59. The van der Waals surface area contributed by atoms with E-state index in [1.54, 1.807) is 6.92 Å². The molecule has 0 aliphatic heterocycles. The molecule has 0 saturated heterocycles. The lowest BCUT2D eigenvalue weighted by Gasteiger charge is -2.13. The molecular formula is C11H18ClNO. The lowest BCUT2D eigenvalue weighted by Crippen LogP contribution is -2.16. The smallest absolute Gasteiger partial charge is 0.0684 e. The fourth-order valence-electron chi connectivity index (χ4n) is 1.34. The molecule has 0 aromatic heterocycles. The molecule has 1 unspecified atom stereocenters. The molecule has 2 N–H and O–H groups in total. The van der Waals surface area contributed by atoms with Gasteiger partial charge in [0.05, 0.1) is 6.10 Å². The van der Waals surface area contributed by atoms with Gasteiger partial charge >= 0.3 is 0 Å². The Kier molecular flexibility index (Phi) is 5.58. The number of hydrogen-bond acceptors (Lipinski definition) is 2. The highest BCUT2D eigenvalue weighted by Crippen LogP contribution is 2.18. The first-order valence-electron chi connectivity index (χ1n) is 4.59. The molecule has 1 aromatic rings. The largest absolute Gasteiger partial charge is 0.392 e. The van der Waals surface area contributed by atoms with Gasteiger partial charge in [0.1, 0.15) is 0 Å². The van der Waals surface area contributed by atoms with Crippen LogP contribution in [0.1, 0.15) is 18.1 Å². The molecule has 1 atom stereocenters. The third-order valence-electron chi connectivity index (χ3n) is 2.06. The van der Waals surface area contributed by atoms with Crippen LogP contribution >= 0.6 is 12.4 Å². The first-order chi connectivity index (χ1) is 6.11. The van der Waals surface area contributed by atoms with E-state index in [0.717, 1.165) is 5.69 Å². The van der Waals surface area contributed by atoms with Crippen molar-refractivity contribution < 1.29 is 5.11 Å². The standard InChI is InChI=1S/C11H17NO.ClH/c1-8-5-4-6-9(2)11(8)12-7-10(3)13;/h4-6,10,12-13H,7H2,1-3H3;1H. The average Bonchev–Trinajstić information content (AvgIpc) is 2.03. The van der Waals surface area contributed by atoms with Gasteiger partial charge in [-0.1, -0.05) is 18.2 Å². The lowest BCUT2D eigenvalue weighted by molar-refractivity contribution is 0.208. The van der Waals surface area contributed by atoms with E-state index in [1.165, 1.54) is 11.1 Å². The molecule has 0 fully saturated rings. The number of halogens is 1. The zero-order valence-corrected chi connectivity index (χ0v) is 9.69. The lowest BCUT2D eigenvalue weighted by atomic mass is 10.1. The Balaban J connectivity index is 0.00000169. The molecule has 0 aliphatic carbocycles. The maximum absolute atomic E-state index is 9.13. The summed E-state index contributed by atoms with van der Waals surface area (Å²) in [6.07, 6.45) is -0.306. The summed E-state index contributed by atoms with van der Waals surface area (Å²) in [6, 6.07) is 6.17. The maximum Gasteiger partial charge on any atom is 0.0684 e. The summed E-state index contributed by atoms with van der Waals surface area (Å²) in [4.78, 5) is 0. The summed E-state index contributed by atoms with van der Waals surface area (Å²) < 4.78 is 0. The second-order valence-electron chi connectivity index (χ2n) is 3.50. The summed E-state index contributed by atoms with van der Waals surface area (Å²) in [6.45, 7) is 6.51. The van der Waals surface area contributed by atoms with Gasteiger partial charge < -0.3 is 10.4 Å². The topological polar surface area (TPSA) is 32.3 Å². The molecule has 0 spiro atoms. The van der Waals surface area contributed by atoms with Crippen LogP contribution in [0.3, 0.4) is 0 Å². The number of aliphatic hydroxyl groups is 1. The molecule has 2 nitrogen and oxygen atoms in total. The second kappa shape index (κ2) is 5.89. The van der Waals surface area contributed by atoms with E-state index in [9.17, 15) is 0 Å². The highest BCUT2D eigenvalue weighted by Gasteiger charge is 2.01. The van der Waals surface area contributed by atoms with Gasteiger partial charge in [0.2, 0.25) is 0 Å². The van der Waals surface area contributed by atoms with E-state index in [0.29, 0.717) is 6.54 Å². The van der Waals surface area contributed by atoms with Gasteiger partial charge in [-0.25, -0.2) is 0 Å². The Labute approximate surface area is 91.8 Å². The number of anilines is 1. The monoisotopic (exact) mass is 215 g/mol. The summed E-state index contributed by atoms with van der Waals surface area (Å²) >= 11 is 0. The van der Waals surface area contributed by atoms with Crippen molar-refractivity contribution in [3.63, 3.8) is 0 Å². The van der Waals surface area contributed by atoms with Gasteiger partial charge in [-0.3, -0.25) is 0 Å². The fourth-order valence-corrected chi connectivity index (χ4v) is 1.34. The number of nitrogens with one attached hydrogen (secondary N) is 1. The molecular weight excluding hydrogens is 198 g/mol. The normalized spacial score (nSPS) is 11.7. The number of rotatable bonds is 3. The van der Waals surface area contributed by atoms with Crippen molar-refractivity contribution in [1.29, 1.82) is 0 Å². The van der Waals surface area contributed by atoms with Gasteiger partial charge in [0.15, 0.2) is 0 Å². The molecule has 14 heavy (non-hydrogen) atoms. The van der Waals surface area contributed by atoms with E-state index in [4.69, 9.17) is 5.11 Å². The molecule has 1 aromatic carbocycles. The summed E-state index contributed by atoms with van der Waals surface area (Å²) in [5, 5.41) is 12.4. The summed E-state index contributed by atoms with van der Waals surface area (Å²) in [7, 11) is 0. The van der Waals surface area contributed by atoms with Crippen molar-refractivity contribution in [2.75, 3.05) is 11.9 Å². The van der Waals surface area contributed by atoms with E-state index >= 15 is 0 Å². The van der Waals surface area contributed by atoms with Crippen molar-refractivity contribution >= 4 is 18.1 Å². The number of aliphatic hydroxyl groups excluding tert-OH is 1. The molecule has 80 valence electrons. The molecule has 1 rings (SSSR count). The number of aryl methyl sites for hydroxylation is 2. The maximum atomic E-state index is 9.13. The van der Waals surface area contributed by atoms with Gasteiger partial charge in [-0.05, 0) is 31.9 Å². The average molecular weight is 216 g/mol. The molecule has 0 heterocycles. The Hall–Kier alpha value is -0.730. The fraction of sp³-hybridized carbons (Fsp3) is 0.455. The third kappa shape index (κ3) is 3.56. The Morgan fingerprint density at radius 3 is 2.21 bits per heavy atom. The van der Waals surface area contributed by atoms with Crippen molar-refractivity contribution in [3.8, 4) is 0 Å².